The second-order valence-electron chi connectivity index (χ2n) is 12.0. The van der Waals surface area contributed by atoms with Crippen molar-refractivity contribution < 1.29 is 19.1 Å². The van der Waals surface area contributed by atoms with E-state index < -0.39 is 0 Å². The molecule has 0 aliphatic carbocycles. The number of ether oxygens (including phenoxy) is 2. The molecule has 0 saturated carbocycles. The van der Waals surface area contributed by atoms with Gasteiger partial charge in [0.05, 0.1) is 13.2 Å². The summed E-state index contributed by atoms with van der Waals surface area (Å²) >= 11 is 0. The summed E-state index contributed by atoms with van der Waals surface area (Å²) in [5.41, 5.74) is 1.20. The van der Waals surface area contributed by atoms with E-state index in [0.717, 1.165) is 77.0 Å². The molecule has 2 unspecified atom stereocenters. The van der Waals surface area contributed by atoms with Gasteiger partial charge < -0.3 is 9.47 Å². The number of unbranched alkanes of at least 4 members (excludes halogenated alkanes) is 12. The van der Waals surface area contributed by atoms with Crippen LogP contribution >= 0.6 is 0 Å². The normalized spacial score (nSPS) is 13.6. The molecular formula is C36H68O4. The molecular weight excluding hydrogens is 496 g/mol. The van der Waals surface area contributed by atoms with Gasteiger partial charge in [-0.15, -0.1) is 0 Å². The molecule has 40 heavy (non-hydrogen) atoms. The van der Waals surface area contributed by atoms with E-state index in [9.17, 15) is 9.59 Å². The minimum absolute atomic E-state index is 0.278. The summed E-state index contributed by atoms with van der Waals surface area (Å²) in [4.78, 5) is 27.1. The van der Waals surface area contributed by atoms with Crippen LogP contribution in [0.1, 0.15) is 183 Å². The van der Waals surface area contributed by atoms with Crippen molar-refractivity contribution in [3.8, 4) is 0 Å². The Balaban J connectivity index is 5.76. The van der Waals surface area contributed by atoms with Gasteiger partial charge >= 0.3 is 11.9 Å². The van der Waals surface area contributed by atoms with Gasteiger partial charge in [0.15, 0.2) is 0 Å². The molecule has 0 bridgehead atoms. The van der Waals surface area contributed by atoms with Crippen molar-refractivity contribution in [2.75, 3.05) is 13.2 Å². The van der Waals surface area contributed by atoms with Crippen LogP contribution in [0.15, 0.2) is 11.1 Å². The van der Waals surface area contributed by atoms with Crippen LogP contribution in [0, 0.1) is 11.8 Å². The Morgan fingerprint density at radius 1 is 0.450 bits per heavy atom. The van der Waals surface area contributed by atoms with Crippen LogP contribution in [0.3, 0.4) is 0 Å². The first kappa shape index (κ1) is 38.7. The first-order valence-corrected chi connectivity index (χ1v) is 17.5. The lowest BCUT2D eigenvalue weighted by molar-refractivity contribution is -0.144. The van der Waals surface area contributed by atoms with Gasteiger partial charge in [0.25, 0.3) is 0 Å². The van der Waals surface area contributed by atoms with Crippen molar-refractivity contribution in [2.45, 2.75) is 183 Å². The van der Waals surface area contributed by atoms with Gasteiger partial charge in [-0.2, -0.15) is 0 Å². The molecule has 2 atom stereocenters. The molecule has 0 spiro atoms. The topological polar surface area (TPSA) is 52.6 Å². The van der Waals surface area contributed by atoms with E-state index in [0.29, 0.717) is 49.0 Å². The zero-order valence-electron chi connectivity index (χ0n) is 27.8. The predicted octanol–water partition coefficient (Wildman–Crippen LogP) is 11.3. The maximum absolute atomic E-state index is 13.6. The summed E-state index contributed by atoms with van der Waals surface area (Å²) < 4.78 is 11.9. The molecule has 0 aromatic rings. The van der Waals surface area contributed by atoms with Crippen LogP contribution in [0.5, 0.6) is 0 Å². The van der Waals surface area contributed by atoms with Crippen molar-refractivity contribution >= 4 is 11.9 Å². The van der Waals surface area contributed by atoms with Gasteiger partial charge in [-0.3, -0.25) is 0 Å². The zero-order chi connectivity index (χ0) is 29.8. The molecule has 0 radical (unpaired) electrons. The smallest absolute Gasteiger partial charge is 0.334 e. The van der Waals surface area contributed by atoms with Crippen molar-refractivity contribution in [1.29, 1.82) is 0 Å². The van der Waals surface area contributed by atoms with E-state index in [1.807, 2.05) is 0 Å². The molecule has 0 amide bonds. The summed E-state index contributed by atoms with van der Waals surface area (Å²) in [7, 11) is 0. The number of rotatable bonds is 28. The highest BCUT2D eigenvalue weighted by Crippen LogP contribution is 2.25. The molecule has 0 fully saturated rings. The summed E-state index contributed by atoms with van der Waals surface area (Å²) in [6, 6.07) is 0. The van der Waals surface area contributed by atoms with Gasteiger partial charge in [-0.1, -0.05) is 144 Å². The van der Waals surface area contributed by atoms with Crippen LogP contribution in [0.25, 0.3) is 0 Å². The zero-order valence-corrected chi connectivity index (χ0v) is 27.8. The Morgan fingerprint density at radius 3 is 1.10 bits per heavy atom. The van der Waals surface area contributed by atoms with Crippen LogP contribution in [-0.2, 0) is 19.1 Å². The highest BCUT2D eigenvalue weighted by atomic mass is 16.5. The number of hydrogen-bond acceptors (Lipinski definition) is 4. The van der Waals surface area contributed by atoms with Gasteiger partial charge in [0.1, 0.15) is 0 Å². The van der Waals surface area contributed by atoms with Crippen molar-refractivity contribution in [3.63, 3.8) is 0 Å². The van der Waals surface area contributed by atoms with Crippen molar-refractivity contribution in [2.24, 2.45) is 11.8 Å². The largest absolute Gasteiger partial charge is 0.462 e. The molecule has 0 aromatic carbocycles. The number of hydrogen-bond donors (Lipinski definition) is 0. The quantitative estimate of drug-likeness (QED) is 0.0538. The highest BCUT2D eigenvalue weighted by molar-refractivity contribution is 6.00. The Morgan fingerprint density at radius 2 is 0.775 bits per heavy atom. The van der Waals surface area contributed by atoms with E-state index in [1.165, 1.54) is 51.4 Å². The number of carbonyl (C=O) groups is 2. The average Bonchev–Trinajstić information content (AvgIpc) is 2.97. The third-order valence-corrected chi connectivity index (χ3v) is 8.40. The van der Waals surface area contributed by atoms with E-state index >= 15 is 0 Å². The fourth-order valence-electron chi connectivity index (χ4n) is 5.27. The molecule has 4 heteroatoms. The molecule has 0 saturated heterocycles. The molecule has 236 valence electrons. The Kier molecular flexibility index (Phi) is 26.9. The summed E-state index contributed by atoms with van der Waals surface area (Å²) in [5.74, 6) is 0.216. The van der Waals surface area contributed by atoms with Crippen LogP contribution in [-0.4, -0.2) is 25.2 Å². The standard InChI is InChI=1S/C36H68O4/c1-7-13-17-19-21-23-27-33(35(37)39-29-31(11-5)25-15-9-3)34(28-24-22-20-18-14-8-2)36(38)40-30-32(12-6)26-16-10-4/h31-32H,7-30H2,1-6H3. The van der Waals surface area contributed by atoms with E-state index in [4.69, 9.17) is 9.47 Å². The first-order valence-electron chi connectivity index (χ1n) is 17.5. The third-order valence-electron chi connectivity index (χ3n) is 8.40. The molecule has 4 nitrogen and oxygen atoms in total. The van der Waals surface area contributed by atoms with Crippen molar-refractivity contribution in [1.82, 2.24) is 0 Å². The lowest BCUT2D eigenvalue weighted by Gasteiger charge is -2.19. The first-order chi connectivity index (χ1) is 19.5. The second-order valence-corrected chi connectivity index (χ2v) is 12.0. The number of carbonyl (C=O) groups excluding carboxylic acids is 2. The van der Waals surface area contributed by atoms with Gasteiger partial charge in [0, 0.05) is 11.1 Å². The summed E-state index contributed by atoms with van der Waals surface area (Å²) in [6.07, 6.45) is 23.8. The van der Waals surface area contributed by atoms with Crippen LogP contribution in [0.2, 0.25) is 0 Å². The molecule has 0 aliphatic rings. The lowest BCUT2D eigenvalue weighted by atomic mass is 9.95. The Bertz CT molecular complexity index is 585. The molecule has 0 N–H and O–H groups in total. The Labute approximate surface area is 249 Å². The maximum atomic E-state index is 13.6. The summed E-state index contributed by atoms with van der Waals surface area (Å²) in [6.45, 7) is 14.1. The summed E-state index contributed by atoms with van der Waals surface area (Å²) in [5, 5.41) is 0. The minimum Gasteiger partial charge on any atom is -0.462 e. The molecule has 0 aromatic heterocycles. The Hall–Kier alpha value is -1.32. The maximum Gasteiger partial charge on any atom is 0.334 e. The monoisotopic (exact) mass is 565 g/mol. The molecule has 0 heterocycles. The van der Waals surface area contributed by atoms with E-state index in [1.54, 1.807) is 0 Å². The average molecular weight is 565 g/mol. The fourth-order valence-corrected chi connectivity index (χ4v) is 5.27. The van der Waals surface area contributed by atoms with Crippen LogP contribution < -0.4 is 0 Å². The fraction of sp³-hybridized carbons (Fsp3) is 0.889. The highest BCUT2D eigenvalue weighted by Gasteiger charge is 2.24. The lowest BCUT2D eigenvalue weighted by Crippen LogP contribution is -2.21. The van der Waals surface area contributed by atoms with Crippen LogP contribution in [0.4, 0.5) is 0 Å². The van der Waals surface area contributed by atoms with E-state index in [2.05, 4.69) is 41.5 Å². The third kappa shape index (κ3) is 19.7. The number of esters is 2. The molecule has 0 rings (SSSR count). The SMILES string of the molecule is CCCCCCCCC(C(=O)OCC(CC)CCCC)=C(CCCCCCCC)C(=O)OCC(CC)CCCC. The van der Waals surface area contributed by atoms with Gasteiger partial charge in [-0.05, 0) is 50.4 Å². The van der Waals surface area contributed by atoms with E-state index in [-0.39, 0.29) is 11.9 Å². The van der Waals surface area contributed by atoms with Gasteiger partial charge in [-0.25, -0.2) is 9.59 Å². The minimum atomic E-state index is -0.278. The molecule has 0 aliphatic heterocycles. The second kappa shape index (κ2) is 27.8. The predicted molar refractivity (Wildman–Crippen MR) is 172 cm³/mol. The van der Waals surface area contributed by atoms with Crippen molar-refractivity contribution in [3.05, 3.63) is 11.1 Å². The van der Waals surface area contributed by atoms with Gasteiger partial charge in [0.2, 0.25) is 0 Å².